The second-order valence-corrected chi connectivity index (χ2v) is 4.67. The number of alkyl halides is 1. The van der Waals surface area contributed by atoms with Crippen LogP contribution in [0, 0.1) is 0 Å². The van der Waals surface area contributed by atoms with Crippen molar-refractivity contribution in [3.63, 3.8) is 0 Å². The summed E-state index contributed by atoms with van der Waals surface area (Å²) in [6.45, 7) is 0. The van der Waals surface area contributed by atoms with E-state index in [-0.39, 0.29) is 6.10 Å². The number of aromatic nitrogens is 1. The molecule has 2 unspecified atom stereocenters. The van der Waals surface area contributed by atoms with E-state index in [0.29, 0.717) is 17.9 Å². The van der Waals surface area contributed by atoms with Crippen molar-refractivity contribution < 1.29 is 9.47 Å². The highest BCUT2D eigenvalue weighted by molar-refractivity contribution is 6.17. The minimum absolute atomic E-state index is 0.215. The molecule has 0 aromatic carbocycles. The lowest BCUT2D eigenvalue weighted by Crippen LogP contribution is -2.29. The highest BCUT2D eigenvalue weighted by Gasteiger charge is 2.23. The number of nitrogens with zero attached hydrogens (tertiary/aromatic N) is 1. The summed E-state index contributed by atoms with van der Waals surface area (Å²) in [4.78, 5) is 4.21. The van der Waals surface area contributed by atoms with Crippen LogP contribution < -0.4 is 4.74 Å². The molecule has 17 heavy (non-hydrogen) atoms. The van der Waals surface area contributed by atoms with Gasteiger partial charge in [-0.15, -0.1) is 11.6 Å². The maximum absolute atomic E-state index is 5.88. The molecule has 1 aromatic heterocycles. The minimum atomic E-state index is 0.215. The van der Waals surface area contributed by atoms with Crippen molar-refractivity contribution in [2.24, 2.45) is 0 Å². The Labute approximate surface area is 107 Å². The van der Waals surface area contributed by atoms with Crippen LogP contribution in [0.2, 0.25) is 0 Å². The Morgan fingerprint density at radius 1 is 1.41 bits per heavy atom. The molecule has 2 atom stereocenters. The van der Waals surface area contributed by atoms with Gasteiger partial charge in [-0.2, -0.15) is 0 Å². The normalized spacial score (nSPS) is 24.6. The van der Waals surface area contributed by atoms with Crippen LogP contribution >= 0.6 is 11.6 Å². The minimum Gasteiger partial charge on any atom is -0.474 e. The summed E-state index contributed by atoms with van der Waals surface area (Å²) in [6.07, 6.45) is 6.58. The van der Waals surface area contributed by atoms with Gasteiger partial charge in [-0.25, -0.2) is 4.98 Å². The lowest BCUT2D eigenvalue weighted by Gasteiger charge is -2.28. The summed E-state index contributed by atoms with van der Waals surface area (Å²) in [5, 5.41) is 0. The van der Waals surface area contributed by atoms with Crippen molar-refractivity contribution in [2.75, 3.05) is 7.11 Å². The van der Waals surface area contributed by atoms with Gasteiger partial charge in [0, 0.05) is 31.7 Å². The van der Waals surface area contributed by atoms with Gasteiger partial charge in [0.15, 0.2) is 0 Å². The molecule has 94 valence electrons. The molecule has 0 amide bonds. The Balaban J connectivity index is 1.95. The van der Waals surface area contributed by atoms with Crippen molar-refractivity contribution in [2.45, 2.75) is 43.8 Å². The molecule has 4 heteroatoms. The van der Waals surface area contributed by atoms with Crippen LogP contribution in [0.15, 0.2) is 18.3 Å². The van der Waals surface area contributed by atoms with Gasteiger partial charge < -0.3 is 9.47 Å². The smallest absolute Gasteiger partial charge is 0.213 e. The fourth-order valence-electron chi connectivity index (χ4n) is 2.19. The van der Waals surface area contributed by atoms with Crippen LogP contribution in [-0.4, -0.2) is 24.3 Å². The van der Waals surface area contributed by atoms with Crippen LogP contribution in [0.3, 0.4) is 0 Å². The quantitative estimate of drug-likeness (QED) is 0.775. The molecule has 1 heterocycles. The van der Waals surface area contributed by atoms with E-state index in [9.17, 15) is 0 Å². The molecule has 0 radical (unpaired) electrons. The molecule has 0 saturated heterocycles. The topological polar surface area (TPSA) is 31.4 Å². The van der Waals surface area contributed by atoms with Crippen LogP contribution in [0.5, 0.6) is 5.88 Å². The third-order valence-corrected chi connectivity index (χ3v) is 3.46. The number of hydrogen-bond acceptors (Lipinski definition) is 3. The second-order valence-electron chi connectivity index (χ2n) is 4.40. The van der Waals surface area contributed by atoms with Gasteiger partial charge in [-0.1, -0.05) is 0 Å². The van der Waals surface area contributed by atoms with Gasteiger partial charge in [0.2, 0.25) is 5.88 Å². The molecular weight excluding hydrogens is 238 g/mol. The van der Waals surface area contributed by atoms with Gasteiger partial charge in [0.25, 0.3) is 0 Å². The molecule has 1 aliphatic rings. The predicted molar refractivity (Wildman–Crippen MR) is 67.5 cm³/mol. The maximum Gasteiger partial charge on any atom is 0.213 e. The van der Waals surface area contributed by atoms with Crippen LogP contribution in [0.1, 0.15) is 31.2 Å². The fraction of sp³-hybridized carbons (Fsp3) is 0.615. The summed E-state index contributed by atoms with van der Waals surface area (Å²) < 4.78 is 11.3. The van der Waals surface area contributed by atoms with Crippen molar-refractivity contribution in [3.05, 3.63) is 23.9 Å². The van der Waals surface area contributed by atoms with Crippen LogP contribution in [-0.2, 0) is 10.6 Å². The molecule has 1 aliphatic carbocycles. The molecule has 0 aliphatic heterocycles. The second kappa shape index (κ2) is 6.22. The lowest BCUT2D eigenvalue weighted by molar-refractivity contribution is 0.0195. The summed E-state index contributed by atoms with van der Waals surface area (Å²) in [6, 6.07) is 3.81. The standard InChI is InChI=1S/C13H18ClNO2/c1-16-11-3-2-4-12(8-11)17-13-7-10(9-14)5-6-15-13/h5-7,11-12H,2-4,8-9H2,1H3. The van der Waals surface area contributed by atoms with Crippen LogP contribution in [0.25, 0.3) is 0 Å². The van der Waals surface area contributed by atoms with Gasteiger partial charge >= 0.3 is 0 Å². The van der Waals surface area contributed by atoms with E-state index in [1.54, 1.807) is 13.3 Å². The molecule has 0 N–H and O–H groups in total. The summed E-state index contributed by atoms with van der Waals surface area (Å²) >= 11 is 5.78. The molecule has 2 rings (SSSR count). The average molecular weight is 256 g/mol. The van der Waals surface area contributed by atoms with E-state index in [1.807, 2.05) is 12.1 Å². The van der Waals surface area contributed by atoms with Gasteiger partial charge in [0.1, 0.15) is 6.10 Å². The highest BCUT2D eigenvalue weighted by atomic mass is 35.5. The molecule has 0 spiro atoms. The van der Waals surface area contributed by atoms with E-state index < -0.39 is 0 Å². The molecular formula is C13H18ClNO2. The maximum atomic E-state index is 5.88. The number of rotatable bonds is 4. The zero-order chi connectivity index (χ0) is 12.1. The number of halogens is 1. The Kier molecular flexibility index (Phi) is 4.63. The average Bonchev–Trinajstić information content (AvgIpc) is 2.39. The van der Waals surface area contributed by atoms with E-state index in [2.05, 4.69) is 4.98 Å². The largest absolute Gasteiger partial charge is 0.474 e. The SMILES string of the molecule is COC1CCCC(Oc2cc(CCl)ccn2)C1. The third kappa shape index (κ3) is 3.58. The fourth-order valence-corrected chi connectivity index (χ4v) is 2.36. The molecule has 1 fully saturated rings. The van der Waals surface area contributed by atoms with Crippen LogP contribution in [0.4, 0.5) is 0 Å². The first-order valence-electron chi connectivity index (χ1n) is 6.02. The molecule has 1 aromatic rings. The van der Waals surface area contributed by atoms with E-state index in [0.717, 1.165) is 31.2 Å². The van der Waals surface area contributed by atoms with Crippen molar-refractivity contribution >= 4 is 11.6 Å². The lowest BCUT2D eigenvalue weighted by atomic mass is 9.95. The Hall–Kier alpha value is -0.800. The summed E-state index contributed by atoms with van der Waals surface area (Å²) in [7, 11) is 1.76. The monoisotopic (exact) mass is 255 g/mol. The first kappa shape index (κ1) is 12.7. The predicted octanol–water partition coefficient (Wildman–Crippen LogP) is 3.16. The van der Waals surface area contributed by atoms with E-state index >= 15 is 0 Å². The number of pyridine rings is 1. The van der Waals surface area contributed by atoms with Crippen molar-refractivity contribution in [1.29, 1.82) is 0 Å². The van der Waals surface area contributed by atoms with Crippen molar-refractivity contribution in [3.8, 4) is 5.88 Å². The molecule has 3 nitrogen and oxygen atoms in total. The summed E-state index contributed by atoms with van der Waals surface area (Å²) in [5.41, 5.74) is 1.04. The van der Waals surface area contributed by atoms with E-state index in [4.69, 9.17) is 21.1 Å². The molecule has 0 bridgehead atoms. The van der Waals surface area contributed by atoms with Gasteiger partial charge in [0.05, 0.1) is 6.10 Å². The Bertz CT molecular complexity index is 359. The number of methoxy groups -OCH3 is 1. The number of ether oxygens (including phenoxy) is 2. The zero-order valence-corrected chi connectivity index (χ0v) is 10.8. The van der Waals surface area contributed by atoms with Gasteiger partial charge in [-0.05, 0) is 30.9 Å². The third-order valence-electron chi connectivity index (χ3n) is 3.15. The Morgan fingerprint density at radius 3 is 3.00 bits per heavy atom. The zero-order valence-electron chi connectivity index (χ0n) is 10.1. The molecule has 1 saturated carbocycles. The van der Waals surface area contributed by atoms with Crippen molar-refractivity contribution in [1.82, 2.24) is 4.98 Å². The van der Waals surface area contributed by atoms with Gasteiger partial charge in [-0.3, -0.25) is 0 Å². The first-order chi connectivity index (χ1) is 8.31. The number of hydrogen-bond donors (Lipinski definition) is 0. The summed E-state index contributed by atoms with van der Waals surface area (Å²) in [5.74, 6) is 1.16. The van der Waals surface area contributed by atoms with E-state index in [1.165, 1.54) is 0 Å². The Morgan fingerprint density at radius 2 is 2.24 bits per heavy atom. The highest BCUT2D eigenvalue weighted by Crippen LogP contribution is 2.24. The first-order valence-corrected chi connectivity index (χ1v) is 6.55.